The number of fused-ring (bicyclic) bond motifs is 1. The molecule has 0 spiro atoms. The maximum Gasteiger partial charge on any atom is 0.281 e. The Morgan fingerprint density at radius 2 is 1.70 bits per heavy atom. The summed E-state index contributed by atoms with van der Waals surface area (Å²) in [6, 6.07) is 26.1. The van der Waals surface area contributed by atoms with Gasteiger partial charge in [0, 0.05) is 5.92 Å². The van der Waals surface area contributed by atoms with Crippen LogP contribution >= 0.6 is 0 Å². The first kappa shape index (κ1) is 21.1. The minimum absolute atomic E-state index is 0.0658. The molecule has 3 aromatic carbocycles. The van der Waals surface area contributed by atoms with Crippen molar-refractivity contribution in [2.75, 3.05) is 6.61 Å². The molecule has 3 aromatic rings. The Kier molecular flexibility index (Phi) is 6.03. The number of carbonyl (C=O) groups excluding carboxylic acids is 1. The molecule has 1 heterocycles. The molecule has 1 aliphatic carbocycles. The van der Waals surface area contributed by atoms with Crippen LogP contribution in [0.25, 0.3) is 6.08 Å². The number of halogens is 1. The molecule has 4 nitrogen and oxygen atoms in total. The summed E-state index contributed by atoms with van der Waals surface area (Å²) < 4.78 is 19.5. The molecule has 0 saturated heterocycles. The summed E-state index contributed by atoms with van der Waals surface area (Å²) in [5, 5.41) is 6.39. The van der Waals surface area contributed by atoms with Gasteiger partial charge in [0.15, 0.2) is 18.2 Å². The number of hydrazone groups is 1. The molecule has 166 valence electrons. The molecule has 2 atom stereocenters. The van der Waals surface area contributed by atoms with Crippen LogP contribution in [-0.2, 0) is 4.79 Å². The molecule has 33 heavy (non-hydrogen) atoms. The van der Waals surface area contributed by atoms with Crippen molar-refractivity contribution in [1.29, 1.82) is 0 Å². The first-order valence-electron chi connectivity index (χ1n) is 11.3. The Morgan fingerprint density at radius 3 is 2.45 bits per heavy atom. The zero-order valence-electron chi connectivity index (χ0n) is 18.2. The fraction of sp³-hybridized carbons (Fsp3) is 0.214. The van der Waals surface area contributed by atoms with Gasteiger partial charge in [-0.15, -0.1) is 0 Å². The summed E-state index contributed by atoms with van der Waals surface area (Å²) in [7, 11) is 0. The van der Waals surface area contributed by atoms with Gasteiger partial charge in [0.25, 0.3) is 5.91 Å². The summed E-state index contributed by atoms with van der Waals surface area (Å²) >= 11 is 0. The normalized spacial score (nSPS) is 20.9. The third kappa shape index (κ3) is 4.44. The van der Waals surface area contributed by atoms with Crippen molar-refractivity contribution in [3.05, 3.63) is 107 Å². The topological polar surface area (TPSA) is 41.9 Å². The second-order valence-electron chi connectivity index (χ2n) is 8.38. The second kappa shape index (κ2) is 9.41. The minimum atomic E-state index is -0.487. The van der Waals surface area contributed by atoms with E-state index in [1.807, 2.05) is 48.5 Å². The van der Waals surface area contributed by atoms with Crippen LogP contribution in [0.5, 0.6) is 5.75 Å². The van der Waals surface area contributed by atoms with Crippen molar-refractivity contribution in [3.63, 3.8) is 0 Å². The third-order valence-electron chi connectivity index (χ3n) is 6.23. The molecule has 1 saturated carbocycles. The number of para-hydroxylation sites is 1. The van der Waals surface area contributed by atoms with E-state index >= 15 is 0 Å². The Hall–Kier alpha value is -3.73. The van der Waals surface area contributed by atoms with E-state index in [9.17, 15) is 9.18 Å². The van der Waals surface area contributed by atoms with Crippen molar-refractivity contribution in [2.45, 2.75) is 25.3 Å². The van der Waals surface area contributed by atoms with Gasteiger partial charge in [-0.3, -0.25) is 4.79 Å². The van der Waals surface area contributed by atoms with Crippen LogP contribution in [-0.4, -0.2) is 23.2 Å². The Labute approximate surface area is 193 Å². The molecule has 5 rings (SSSR count). The van der Waals surface area contributed by atoms with Crippen LogP contribution in [0.2, 0.25) is 0 Å². The standard InChI is InChI=1S/C28H25FN2O2/c29-24-16-7-8-17-25(24)33-19-26(32)31-28(21-12-5-2-6-13-21)23-15-9-14-22(27(23)30-31)18-20-10-3-1-4-11-20/h1-8,10-13,16-18,23,28H,9,14-15,19H2/b22-18-/t23-,28+/m1/s1. The number of hydrogen-bond donors (Lipinski definition) is 0. The van der Waals surface area contributed by atoms with Gasteiger partial charge in [0.2, 0.25) is 0 Å². The summed E-state index contributed by atoms with van der Waals surface area (Å²) in [5.74, 6) is -0.586. The Balaban J connectivity index is 1.46. The number of nitrogens with zero attached hydrogens (tertiary/aromatic N) is 2. The van der Waals surface area contributed by atoms with E-state index in [-0.39, 0.29) is 30.2 Å². The highest BCUT2D eigenvalue weighted by molar-refractivity contribution is 6.08. The van der Waals surface area contributed by atoms with Crippen LogP contribution in [0.1, 0.15) is 36.4 Å². The molecule has 2 aliphatic rings. The van der Waals surface area contributed by atoms with E-state index < -0.39 is 5.82 Å². The first-order valence-corrected chi connectivity index (χ1v) is 11.3. The van der Waals surface area contributed by atoms with Gasteiger partial charge in [-0.2, -0.15) is 5.10 Å². The quantitative estimate of drug-likeness (QED) is 0.486. The number of benzene rings is 3. The first-order chi connectivity index (χ1) is 16.2. The third-order valence-corrected chi connectivity index (χ3v) is 6.23. The molecule has 0 aromatic heterocycles. The van der Waals surface area contributed by atoms with Crippen LogP contribution in [0, 0.1) is 11.7 Å². The van der Waals surface area contributed by atoms with E-state index in [0.717, 1.165) is 36.1 Å². The lowest BCUT2D eigenvalue weighted by Crippen LogP contribution is -2.34. The molecular formula is C28H25FN2O2. The fourth-order valence-corrected chi connectivity index (χ4v) is 4.71. The molecular weight excluding hydrogens is 415 g/mol. The number of allylic oxidation sites excluding steroid dienone is 1. The maximum atomic E-state index is 14.0. The van der Waals surface area contributed by atoms with Crippen molar-refractivity contribution in [1.82, 2.24) is 5.01 Å². The van der Waals surface area contributed by atoms with Crippen molar-refractivity contribution in [3.8, 4) is 5.75 Å². The lowest BCUT2D eigenvalue weighted by molar-refractivity contribution is -0.135. The largest absolute Gasteiger partial charge is 0.481 e. The molecule has 1 amide bonds. The van der Waals surface area contributed by atoms with E-state index in [1.54, 1.807) is 17.1 Å². The number of ether oxygens (including phenoxy) is 1. The average molecular weight is 441 g/mol. The molecule has 5 heteroatoms. The van der Waals surface area contributed by atoms with Crippen LogP contribution in [0.3, 0.4) is 0 Å². The zero-order valence-corrected chi connectivity index (χ0v) is 18.2. The van der Waals surface area contributed by atoms with E-state index in [0.29, 0.717) is 0 Å². The number of carbonyl (C=O) groups is 1. The van der Waals surface area contributed by atoms with Crippen molar-refractivity contribution in [2.24, 2.45) is 11.0 Å². The Morgan fingerprint density at radius 1 is 1.00 bits per heavy atom. The monoisotopic (exact) mass is 440 g/mol. The smallest absolute Gasteiger partial charge is 0.281 e. The highest BCUT2D eigenvalue weighted by Crippen LogP contribution is 2.44. The average Bonchev–Trinajstić information content (AvgIpc) is 3.25. The number of amides is 1. The van der Waals surface area contributed by atoms with E-state index in [2.05, 4.69) is 18.2 Å². The van der Waals surface area contributed by atoms with E-state index in [4.69, 9.17) is 9.84 Å². The van der Waals surface area contributed by atoms with Gasteiger partial charge in [-0.05, 0) is 54.2 Å². The van der Waals surface area contributed by atoms with Crippen molar-refractivity contribution < 1.29 is 13.9 Å². The van der Waals surface area contributed by atoms with Crippen molar-refractivity contribution >= 4 is 17.7 Å². The second-order valence-corrected chi connectivity index (χ2v) is 8.38. The highest BCUT2D eigenvalue weighted by atomic mass is 19.1. The summed E-state index contributed by atoms with van der Waals surface area (Å²) in [6.45, 7) is -0.272. The van der Waals surface area contributed by atoms with Crippen LogP contribution < -0.4 is 4.74 Å². The SMILES string of the molecule is O=C(COc1ccccc1F)N1N=C2/C(=C\c3ccccc3)CCC[C@H]2[C@@H]1c1ccccc1. The lowest BCUT2D eigenvalue weighted by Gasteiger charge is -2.29. The van der Waals surface area contributed by atoms with Crippen LogP contribution in [0.15, 0.2) is 95.6 Å². The molecule has 0 radical (unpaired) electrons. The van der Waals surface area contributed by atoms with Crippen LogP contribution in [0.4, 0.5) is 4.39 Å². The van der Waals surface area contributed by atoms with Gasteiger partial charge in [-0.25, -0.2) is 9.40 Å². The van der Waals surface area contributed by atoms with Gasteiger partial charge in [-0.1, -0.05) is 72.8 Å². The van der Waals surface area contributed by atoms with Gasteiger partial charge in [0.05, 0.1) is 11.8 Å². The molecule has 0 unspecified atom stereocenters. The Bertz CT molecular complexity index is 1190. The lowest BCUT2D eigenvalue weighted by atomic mass is 9.77. The predicted molar refractivity (Wildman–Crippen MR) is 127 cm³/mol. The minimum Gasteiger partial charge on any atom is -0.481 e. The molecule has 0 N–H and O–H groups in total. The summed E-state index contributed by atoms with van der Waals surface area (Å²) in [4.78, 5) is 13.3. The fourth-order valence-electron chi connectivity index (χ4n) is 4.71. The number of hydrogen-bond acceptors (Lipinski definition) is 3. The molecule has 0 bridgehead atoms. The summed E-state index contributed by atoms with van der Waals surface area (Å²) in [5.41, 5.74) is 4.31. The predicted octanol–water partition coefficient (Wildman–Crippen LogP) is 6.03. The maximum absolute atomic E-state index is 14.0. The number of rotatable bonds is 5. The van der Waals surface area contributed by atoms with Gasteiger partial charge >= 0.3 is 0 Å². The highest BCUT2D eigenvalue weighted by Gasteiger charge is 2.43. The summed E-state index contributed by atoms with van der Waals surface area (Å²) in [6.07, 6.45) is 5.11. The molecule has 1 aliphatic heterocycles. The zero-order chi connectivity index (χ0) is 22.6. The van der Waals surface area contributed by atoms with E-state index in [1.165, 1.54) is 17.7 Å². The van der Waals surface area contributed by atoms with Gasteiger partial charge in [0.1, 0.15) is 0 Å². The molecule has 1 fully saturated rings. The van der Waals surface area contributed by atoms with Gasteiger partial charge < -0.3 is 4.74 Å².